The van der Waals surface area contributed by atoms with E-state index in [4.69, 9.17) is 23.2 Å². The average molecular weight is 586 g/mol. The zero-order valence-electron chi connectivity index (χ0n) is 21.8. The molecule has 3 heterocycles. The number of nitrogens with zero attached hydrogens (tertiary/aromatic N) is 7. The third-order valence-electron chi connectivity index (χ3n) is 6.09. The number of aromatic nitrogens is 6. The number of hydrogen-bond acceptors (Lipinski definition) is 7. The van der Waals surface area contributed by atoms with E-state index in [2.05, 4.69) is 31.0 Å². The number of aryl methyl sites for hydroxylation is 1. The summed E-state index contributed by atoms with van der Waals surface area (Å²) in [6, 6.07) is 17.2. The Bertz CT molecular complexity index is 1840. The van der Waals surface area contributed by atoms with Gasteiger partial charge in [-0.3, -0.25) is 9.59 Å². The van der Waals surface area contributed by atoms with Gasteiger partial charge < -0.3 is 10.6 Å². The number of halogens is 2. The van der Waals surface area contributed by atoms with Crippen molar-refractivity contribution in [2.24, 2.45) is 0 Å². The van der Waals surface area contributed by atoms with Crippen LogP contribution in [0.5, 0.6) is 0 Å². The van der Waals surface area contributed by atoms with Crippen LogP contribution in [0, 0.1) is 18.3 Å². The van der Waals surface area contributed by atoms with Crippen molar-refractivity contribution in [2.75, 3.05) is 12.4 Å². The molecule has 0 bridgehead atoms. The van der Waals surface area contributed by atoms with E-state index in [1.165, 1.54) is 24.0 Å². The summed E-state index contributed by atoms with van der Waals surface area (Å²) < 4.78 is 2.92. The average Bonchev–Trinajstić information content (AvgIpc) is 3.61. The topological polar surface area (TPSA) is 143 Å². The van der Waals surface area contributed by atoms with Gasteiger partial charge >= 0.3 is 0 Å². The monoisotopic (exact) mass is 585 g/mol. The van der Waals surface area contributed by atoms with Crippen molar-refractivity contribution in [3.8, 4) is 23.1 Å². The molecule has 0 spiro atoms. The minimum absolute atomic E-state index is 0.113. The number of benzene rings is 2. The second kappa shape index (κ2) is 11.6. The van der Waals surface area contributed by atoms with E-state index < -0.39 is 11.8 Å². The Morgan fingerprint density at radius 3 is 2.63 bits per heavy atom. The van der Waals surface area contributed by atoms with Crippen LogP contribution in [-0.2, 0) is 6.54 Å². The molecule has 11 nitrogen and oxygen atoms in total. The van der Waals surface area contributed by atoms with E-state index in [0.717, 1.165) is 5.56 Å². The molecule has 0 aliphatic rings. The Labute approximate surface area is 244 Å². The molecule has 0 saturated carbocycles. The first-order valence-corrected chi connectivity index (χ1v) is 13.0. The number of carbonyl (C=O) groups excluding carboxylic acids is 2. The van der Waals surface area contributed by atoms with E-state index in [1.807, 2.05) is 18.2 Å². The van der Waals surface area contributed by atoms with Crippen LogP contribution < -0.4 is 10.6 Å². The van der Waals surface area contributed by atoms with Crippen LogP contribution in [0.1, 0.15) is 37.7 Å². The van der Waals surface area contributed by atoms with Gasteiger partial charge in [-0.15, -0.1) is 5.10 Å². The molecular weight excluding hydrogens is 565 g/mol. The van der Waals surface area contributed by atoms with Crippen LogP contribution >= 0.6 is 23.2 Å². The van der Waals surface area contributed by atoms with Gasteiger partial charge in [0.05, 0.1) is 46.3 Å². The molecule has 0 aliphatic heterocycles. The molecule has 0 atom stereocenters. The molecule has 2 N–H and O–H groups in total. The lowest BCUT2D eigenvalue weighted by Gasteiger charge is -2.14. The van der Waals surface area contributed by atoms with Crippen LogP contribution in [0.2, 0.25) is 10.0 Å². The van der Waals surface area contributed by atoms with Crippen molar-refractivity contribution < 1.29 is 9.59 Å². The van der Waals surface area contributed by atoms with Crippen LogP contribution in [0.4, 0.5) is 5.69 Å². The molecule has 5 rings (SSSR count). The van der Waals surface area contributed by atoms with E-state index in [9.17, 15) is 14.9 Å². The van der Waals surface area contributed by atoms with Crippen molar-refractivity contribution in [3.05, 3.63) is 105 Å². The minimum Gasteiger partial charge on any atom is -0.355 e. The molecule has 0 aliphatic carbocycles. The number of rotatable bonds is 7. The number of anilines is 1. The Hall–Kier alpha value is -5.05. The number of nitriles is 1. The summed E-state index contributed by atoms with van der Waals surface area (Å²) >= 11 is 12.5. The maximum atomic E-state index is 13.7. The lowest BCUT2D eigenvalue weighted by molar-refractivity contribution is 0.0964. The first-order chi connectivity index (χ1) is 19.8. The molecular formula is C28H21Cl2N9O2. The smallest absolute Gasteiger partial charge is 0.274 e. The van der Waals surface area contributed by atoms with E-state index in [0.29, 0.717) is 22.0 Å². The molecule has 2 amide bonds. The minimum atomic E-state index is -0.568. The summed E-state index contributed by atoms with van der Waals surface area (Å²) in [6.45, 7) is 1.88. The molecule has 0 saturated heterocycles. The molecule has 41 heavy (non-hydrogen) atoms. The second-order valence-electron chi connectivity index (χ2n) is 8.91. The van der Waals surface area contributed by atoms with Crippen LogP contribution in [0.15, 0.2) is 67.0 Å². The van der Waals surface area contributed by atoms with Gasteiger partial charge in [0.25, 0.3) is 11.8 Å². The number of carbonyl (C=O) groups is 2. The van der Waals surface area contributed by atoms with Crippen LogP contribution in [0.25, 0.3) is 17.1 Å². The first kappa shape index (κ1) is 27.5. The summed E-state index contributed by atoms with van der Waals surface area (Å²) in [5, 5.41) is 28.6. The lowest BCUT2D eigenvalue weighted by Crippen LogP contribution is -2.24. The van der Waals surface area contributed by atoms with Crippen molar-refractivity contribution in [1.29, 1.82) is 5.26 Å². The van der Waals surface area contributed by atoms with Gasteiger partial charge in [-0.2, -0.15) is 10.4 Å². The second-order valence-corrected chi connectivity index (χ2v) is 9.76. The van der Waals surface area contributed by atoms with E-state index >= 15 is 0 Å². The Morgan fingerprint density at radius 1 is 1.07 bits per heavy atom. The highest BCUT2D eigenvalue weighted by Crippen LogP contribution is 2.26. The molecule has 5 aromatic rings. The van der Waals surface area contributed by atoms with E-state index in [-0.39, 0.29) is 39.9 Å². The third-order valence-corrected chi connectivity index (χ3v) is 6.62. The first-order valence-electron chi connectivity index (χ1n) is 12.2. The fraction of sp³-hybridized carbons (Fsp3) is 0.107. The van der Waals surface area contributed by atoms with Gasteiger partial charge in [-0.25, -0.2) is 14.3 Å². The summed E-state index contributed by atoms with van der Waals surface area (Å²) in [5.74, 6) is -0.780. The fourth-order valence-electron chi connectivity index (χ4n) is 4.19. The number of hydrogen-bond donors (Lipinski definition) is 2. The summed E-state index contributed by atoms with van der Waals surface area (Å²) in [5.41, 5.74) is 3.25. The van der Waals surface area contributed by atoms with Gasteiger partial charge in [0.1, 0.15) is 11.4 Å². The molecule has 13 heteroatoms. The molecule has 2 aromatic carbocycles. The molecule has 3 aromatic heterocycles. The third kappa shape index (κ3) is 5.79. The van der Waals surface area contributed by atoms with Crippen molar-refractivity contribution in [3.63, 3.8) is 0 Å². The molecule has 0 radical (unpaired) electrons. The maximum absolute atomic E-state index is 13.7. The van der Waals surface area contributed by atoms with Crippen molar-refractivity contribution in [1.82, 2.24) is 35.1 Å². The summed E-state index contributed by atoms with van der Waals surface area (Å²) in [7, 11) is 1.47. The fourth-order valence-corrected chi connectivity index (χ4v) is 4.59. The molecule has 0 fully saturated rings. The van der Waals surface area contributed by atoms with Crippen LogP contribution in [0.3, 0.4) is 0 Å². The zero-order valence-corrected chi connectivity index (χ0v) is 23.3. The lowest BCUT2D eigenvalue weighted by atomic mass is 10.0. The molecule has 204 valence electrons. The zero-order chi connectivity index (χ0) is 29.1. The number of nitrogens with one attached hydrogen (secondary N) is 2. The predicted octanol–water partition coefficient (Wildman–Crippen LogP) is 4.67. The Balaban J connectivity index is 1.52. The normalized spacial score (nSPS) is 10.7. The number of pyridine rings is 1. The van der Waals surface area contributed by atoms with Gasteiger partial charge in [-0.05, 0) is 55.0 Å². The SMILES string of the molecule is CNC(=O)c1cc(C#N)cc(C)c1NC(=O)c1cc(Cn2cc(-c3cccc(Cl)c3)nn2)nn1-c1ncccc1Cl. The van der Waals surface area contributed by atoms with E-state index in [1.54, 1.807) is 54.2 Å². The predicted molar refractivity (Wildman–Crippen MR) is 153 cm³/mol. The Morgan fingerprint density at radius 2 is 1.90 bits per heavy atom. The standard InChI is InChI=1S/C28H21Cl2N9O2/c1-16-9-17(13-31)10-21(27(40)32-2)25(16)34-28(41)24-12-20(36-39(24)26-22(30)7-4-8-33-26)14-38-15-23(35-37-38)18-5-3-6-19(29)11-18/h3-12,15H,14H2,1-2H3,(H,32,40)(H,34,41). The largest absolute Gasteiger partial charge is 0.355 e. The van der Waals surface area contributed by atoms with Gasteiger partial charge in [-0.1, -0.05) is 40.5 Å². The van der Waals surface area contributed by atoms with Gasteiger partial charge in [0.2, 0.25) is 0 Å². The van der Waals surface area contributed by atoms with Gasteiger partial charge in [0.15, 0.2) is 5.82 Å². The van der Waals surface area contributed by atoms with Crippen molar-refractivity contribution in [2.45, 2.75) is 13.5 Å². The maximum Gasteiger partial charge on any atom is 0.274 e. The summed E-state index contributed by atoms with van der Waals surface area (Å²) in [4.78, 5) is 30.6. The quantitative estimate of drug-likeness (QED) is 0.282. The van der Waals surface area contributed by atoms with Crippen molar-refractivity contribution >= 4 is 40.7 Å². The Kier molecular flexibility index (Phi) is 7.78. The highest BCUT2D eigenvalue weighted by Gasteiger charge is 2.23. The highest BCUT2D eigenvalue weighted by atomic mass is 35.5. The highest BCUT2D eigenvalue weighted by molar-refractivity contribution is 6.32. The number of amides is 2. The van der Waals surface area contributed by atoms with Crippen LogP contribution in [-0.4, -0.2) is 48.6 Å². The summed E-state index contributed by atoms with van der Waals surface area (Å²) in [6.07, 6.45) is 3.28. The molecule has 0 unspecified atom stereocenters. The van der Waals surface area contributed by atoms with Gasteiger partial charge in [0, 0.05) is 23.8 Å².